The van der Waals surface area contributed by atoms with Gasteiger partial charge >= 0.3 is 0 Å². The van der Waals surface area contributed by atoms with Gasteiger partial charge in [0.2, 0.25) is 0 Å². The topological polar surface area (TPSA) is 25.8 Å². The third-order valence-electron chi connectivity index (χ3n) is 1.04. The summed E-state index contributed by atoms with van der Waals surface area (Å²) in [6.45, 7) is 0. The zero-order chi connectivity index (χ0) is 6.97. The molecule has 0 aliphatic heterocycles. The molecule has 0 fully saturated rings. The minimum Gasteiger partial charge on any atom is -0.252 e. The van der Waals surface area contributed by atoms with Gasteiger partial charge in [-0.25, -0.2) is 4.98 Å². The van der Waals surface area contributed by atoms with E-state index in [-0.39, 0.29) is 0 Å². The fraction of sp³-hybridized carbons (Fsp3) is 0. The number of hydrogen-bond acceptors (Lipinski definition) is 3. The quantitative estimate of drug-likeness (QED) is 0.552. The number of thiophene rings is 1. The van der Waals surface area contributed by atoms with Gasteiger partial charge < -0.3 is 0 Å². The highest BCUT2D eigenvalue weighted by atomic mass is 32.1. The summed E-state index contributed by atoms with van der Waals surface area (Å²) in [5, 5.41) is 0.515. The van der Waals surface area contributed by atoms with Gasteiger partial charge in [0, 0.05) is 12.4 Å². The van der Waals surface area contributed by atoms with Crippen molar-refractivity contribution in [1.29, 1.82) is 0 Å². The highest BCUT2D eigenvalue weighted by molar-refractivity contribution is 7.16. The smallest absolute Gasteiger partial charge is 0.141 e. The maximum absolute atomic E-state index is 7.26. The van der Waals surface area contributed by atoms with Gasteiger partial charge in [0.05, 0.1) is 6.89 Å². The van der Waals surface area contributed by atoms with Gasteiger partial charge in [0.1, 0.15) is 4.83 Å². The molecule has 0 N–H and O–H groups in total. The maximum atomic E-state index is 7.26. The standard InChI is InChI=1S/C6H4N2S/c1-4-9-6-5(1)7-2-3-8-6/h1-4H/i4D. The number of aromatic nitrogens is 2. The zero-order valence-corrected chi connectivity index (χ0v) is 5.35. The van der Waals surface area contributed by atoms with Crippen LogP contribution in [0.15, 0.2) is 23.8 Å². The molecule has 0 saturated carbocycles. The molecule has 2 aromatic rings. The second kappa shape index (κ2) is 1.77. The average molecular weight is 137 g/mol. The Balaban J connectivity index is 2.88. The van der Waals surface area contributed by atoms with Crippen LogP contribution in [0.25, 0.3) is 10.3 Å². The zero-order valence-electron chi connectivity index (χ0n) is 5.53. The maximum Gasteiger partial charge on any atom is 0.141 e. The molecule has 2 rings (SSSR count). The Hall–Kier alpha value is -0.960. The van der Waals surface area contributed by atoms with Gasteiger partial charge in [-0.15, -0.1) is 11.3 Å². The van der Waals surface area contributed by atoms with Gasteiger partial charge in [-0.05, 0) is 11.4 Å². The minimum atomic E-state index is 0.515. The van der Waals surface area contributed by atoms with Crippen LogP contribution in [-0.2, 0) is 0 Å². The second-order valence-corrected chi connectivity index (χ2v) is 2.44. The predicted octanol–water partition coefficient (Wildman–Crippen LogP) is 1.69. The lowest BCUT2D eigenvalue weighted by molar-refractivity contribution is 1.32. The van der Waals surface area contributed by atoms with Crippen LogP contribution in [0.4, 0.5) is 0 Å². The van der Waals surface area contributed by atoms with E-state index in [1.165, 1.54) is 11.3 Å². The Bertz CT molecular complexity index is 324. The number of fused-ring (bicyclic) bond motifs is 1. The monoisotopic (exact) mass is 137 g/mol. The summed E-state index contributed by atoms with van der Waals surface area (Å²) in [5.41, 5.74) is 0.817. The Kier molecular flexibility index (Phi) is 0.778. The Labute approximate surface area is 57.6 Å². The van der Waals surface area contributed by atoms with E-state index < -0.39 is 0 Å². The van der Waals surface area contributed by atoms with Crippen LogP contribution in [0.1, 0.15) is 1.37 Å². The Morgan fingerprint density at radius 3 is 3.22 bits per heavy atom. The molecule has 0 spiro atoms. The molecule has 9 heavy (non-hydrogen) atoms. The van der Waals surface area contributed by atoms with Crippen molar-refractivity contribution in [2.45, 2.75) is 0 Å². The first-order chi connectivity index (χ1) is 4.86. The van der Waals surface area contributed by atoms with E-state index in [1.807, 2.05) is 0 Å². The normalized spacial score (nSPS) is 11.8. The van der Waals surface area contributed by atoms with Crippen LogP contribution >= 0.6 is 11.3 Å². The Morgan fingerprint density at radius 1 is 1.44 bits per heavy atom. The SMILES string of the molecule is [2H]c1cc2nccnc2s1. The molecule has 0 amide bonds. The van der Waals surface area contributed by atoms with Crippen molar-refractivity contribution in [2.75, 3.05) is 0 Å². The van der Waals surface area contributed by atoms with Crippen LogP contribution in [-0.4, -0.2) is 9.97 Å². The van der Waals surface area contributed by atoms with E-state index in [1.54, 1.807) is 18.5 Å². The van der Waals surface area contributed by atoms with Crippen LogP contribution in [0.3, 0.4) is 0 Å². The van der Waals surface area contributed by atoms with Crippen LogP contribution in [0.5, 0.6) is 0 Å². The molecule has 44 valence electrons. The van der Waals surface area contributed by atoms with Crippen LogP contribution in [0, 0.1) is 0 Å². The third kappa shape index (κ3) is 0.695. The van der Waals surface area contributed by atoms with Crippen molar-refractivity contribution in [2.24, 2.45) is 0 Å². The van der Waals surface area contributed by atoms with E-state index in [2.05, 4.69) is 9.97 Å². The summed E-state index contributed by atoms with van der Waals surface area (Å²) in [6, 6.07) is 1.72. The molecule has 2 aromatic heterocycles. The van der Waals surface area contributed by atoms with E-state index in [0.717, 1.165) is 10.3 Å². The number of hydrogen-bond donors (Lipinski definition) is 0. The highest BCUT2D eigenvalue weighted by Gasteiger charge is 1.91. The average Bonchev–Trinajstić information content (AvgIpc) is 2.27. The van der Waals surface area contributed by atoms with Crippen LogP contribution in [0.2, 0.25) is 0 Å². The molecule has 0 saturated heterocycles. The van der Waals surface area contributed by atoms with Gasteiger partial charge in [0.15, 0.2) is 0 Å². The van der Waals surface area contributed by atoms with Gasteiger partial charge in [0.25, 0.3) is 0 Å². The first-order valence-corrected chi connectivity index (χ1v) is 3.35. The first kappa shape index (κ1) is 3.95. The van der Waals surface area contributed by atoms with Gasteiger partial charge in [-0.1, -0.05) is 0 Å². The fourth-order valence-electron chi connectivity index (χ4n) is 0.655. The second-order valence-electron chi connectivity index (χ2n) is 1.61. The lowest BCUT2D eigenvalue weighted by atomic mass is 10.5. The van der Waals surface area contributed by atoms with Gasteiger partial charge in [-0.3, -0.25) is 4.98 Å². The molecular weight excluding hydrogens is 132 g/mol. The van der Waals surface area contributed by atoms with E-state index >= 15 is 0 Å². The highest BCUT2D eigenvalue weighted by Crippen LogP contribution is 2.13. The summed E-state index contributed by atoms with van der Waals surface area (Å²) < 4.78 is 7.26. The molecule has 0 radical (unpaired) electrons. The van der Waals surface area contributed by atoms with Crippen molar-refractivity contribution in [3.63, 3.8) is 0 Å². The van der Waals surface area contributed by atoms with Crippen LogP contribution < -0.4 is 0 Å². The van der Waals surface area contributed by atoms with E-state index in [4.69, 9.17) is 1.37 Å². The molecule has 0 aromatic carbocycles. The summed E-state index contributed by atoms with van der Waals surface area (Å²) >= 11 is 1.35. The molecular formula is C6H4N2S. The van der Waals surface area contributed by atoms with Crippen molar-refractivity contribution in [1.82, 2.24) is 9.97 Å². The predicted molar refractivity (Wildman–Crippen MR) is 37.4 cm³/mol. The molecule has 2 nitrogen and oxygen atoms in total. The van der Waals surface area contributed by atoms with E-state index in [0.29, 0.717) is 5.36 Å². The minimum absolute atomic E-state index is 0.515. The molecule has 0 bridgehead atoms. The van der Waals surface area contributed by atoms with E-state index in [9.17, 15) is 0 Å². The van der Waals surface area contributed by atoms with Crippen molar-refractivity contribution in [3.8, 4) is 0 Å². The van der Waals surface area contributed by atoms with Crippen molar-refractivity contribution in [3.05, 3.63) is 23.8 Å². The summed E-state index contributed by atoms with van der Waals surface area (Å²) in [5.74, 6) is 0. The lowest BCUT2D eigenvalue weighted by Crippen LogP contribution is -1.72. The first-order valence-electron chi connectivity index (χ1n) is 3.03. The fourth-order valence-corrected chi connectivity index (χ4v) is 1.27. The molecule has 0 aliphatic rings. The van der Waals surface area contributed by atoms with Gasteiger partial charge in [-0.2, -0.15) is 0 Å². The number of nitrogens with zero attached hydrogens (tertiary/aromatic N) is 2. The van der Waals surface area contributed by atoms with Crippen molar-refractivity contribution >= 4 is 21.7 Å². The molecule has 0 aliphatic carbocycles. The summed E-state index contributed by atoms with van der Waals surface area (Å²) in [7, 11) is 0. The van der Waals surface area contributed by atoms with Crippen molar-refractivity contribution < 1.29 is 1.37 Å². The largest absolute Gasteiger partial charge is 0.252 e. The molecule has 0 atom stereocenters. The molecule has 3 heteroatoms. The molecule has 2 heterocycles. The Morgan fingerprint density at radius 2 is 2.33 bits per heavy atom. The molecule has 0 unspecified atom stereocenters. The summed E-state index contributed by atoms with van der Waals surface area (Å²) in [6.07, 6.45) is 3.27. The summed E-state index contributed by atoms with van der Waals surface area (Å²) in [4.78, 5) is 8.91. The lowest BCUT2D eigenvalue weighted by Gasteiger charge is -1.81. The number of rotatable bonds is 0. The third-order valence-corrected chi connectivity index (χ3v) is 1.79.